The van der Waals surface area contributed by atoms with Crippen LogP contribution in [0.15, 0.2) is 85.1 Å². The van der Waals surface area contributed by atoms with Gasteiger partial charge in [-0.3, -0.25) is 9.59 Å². The molecule has 0 spiro atoms. The summed E-state index contributed by atoms with van der Waals surface area (Å²) in [6, 6.07) is -0.627. The summed E-state index contributed by atoms with van der Waals surface area (Å²) in [4.78, 5) is 37.0. The number of ether oxygens (including phenoxy) is 3. The van der Waals surface area contributed by atoms with Crippen LogP contribution in [-0.4, -0.2) is 80.6 Å². The second-order valence-corrected chi connectivity index (χ2v) is 16.5. The molecule has 1 N–H and O–H groups in total. The SMILES string of the molecule is CC/C=C/C=C/C=C/C=C/C=C/C=C/C=C/CCCCCC(=O)OC(COCCC(C(=O)O)[N+](C)(C)C)COC(=O)CCCCCCCCCCCCCCCCCC. The fraction of sp³-hybridized carbons (Fsp3) is 0.667. The van der Waals surface area contributed by atoms with Gasteiger partial charge >= 0.3 is 17.9 Å². The van der Waals surface area contributed by atoms with Gasteiger partial charge in [-0.2, -0.15) is 0 Å². The molecule has 2 unspecified atom stereocenters. The Morgan fingerprint density at radius 2 is 0.949 bits per heavy atom. The van der Waals surface area contributed by atoms with Crippen LogP contribution in [0.5, 0.6) is 0 Å². The van der Waals surface area contributed by atoms with E-state index in [-0.39, 0.29) is 42.7 Å². The molecule has 0 aromatic rings. The second-order valence-electron chi connectivity index (χ2n) is 16.5. The van der Waals surface area contributed by atoms with Crippen molar-refractivity contribution < 1.29 is 38.2 Å². The van der Waals surface area contributed by atoms with Gasteiger partial charge in [0.15, 0.2) is 12.1 Å². The Morgan fingerprint density at radius 3 is 1.41 bits per heavy atom. The number of hydrogen-bond donors (Lipinski definition) is 1. The summed E-state index contributed by atoms with van der Waals surface area (Å²) in [5.41, 5.74) is 0. The molecular formula is C51H86NO7+. The molecule has 0 aliphatic carbocycles. The summed E-state index contributed by atoms with van der Waals surface area (Å²) in [5.74, 6) is -1.53. The lowest BCUT2D eigenvalue weighted by atomic mass is 10.0. The average molecular weight is 825 g/mol. The molecule has 0 aliphatic rings. The lowest BCUT2D eigenvalue weighted by Gasteiger charge is -2.31. The highest BCUT2D eigenvalue weighted by Gasteiger charge is 2.31. The quantitative estimate of drug-likeness (QED) is 0.0284. The highest BCUT2D eigenvalue weighted by molar-refractivity contribution is 5.72. The first-order valence-corrected chi connectivity index (χ1v) is 23.2. The summed E-state index contributed by atoms with van der Waals surface area (Å²) in [6.07, 6.45) is 53.4. The summed E-state index contributed by atoms with van der Waals surface area (Å²) in [5, 5.41) is 9.63. The number of carbonyl (C=O) groups excluding carboxylic acids is 2. The van der Waals surface area contributed by atoms with E-state index in [0.29, 0.717) is 19.3 Å². The Kier molecular flexibility index (Phi) is 38.8. The van der Waals surface area contributed by atoms with E-state index in [1.807, 2.05) is 94.1 Å². The molecule has 8 heteroatoms. The molecule has 2 atom stereocenters. The van der Waals surface area contributed by atoms with Gasteiger partial charge < -0.3 is 23.8 Å². The summed E-state index contributed by atoms with van der Waals surface area (Å²) >= 11 is 0. The molecule has 0 aromatic carbocycles. The molecule has 0 saturated heterocycles. The van der Waals surface area contributed by atoms with Gasteiger partial charge in [0.1, 0.15) is 6.61 Å². The predicted octanol–water partition coefficient (Wildman–Crippen LogP) is 12.9. The van der Waals surface area contributed by atoms with Crippen molar-refractivity contribution in [3.63, 3.8) is 0 Å². The molecule has 0 heterocycles. The minimum absolute atomic E-state index is 0.0389. The molecule has 0 radical (unpaired) electrons. The first kappa shape index (κ1) is 55.5. The Balaban J connectivity index is 4.44. The lowest BCUT2D eigenvalue weighted by molar-refractivity contribution is -0.887. The van der Waals surface area contributed by atoms with Gasteiger partial charge in [-0.1, -0.05) is 202 Å². The number of aliphatic carboxylic acids is 1. The first-order chi connectivity index (χ1) is 28.6. The van der Waals surface area contributed by atoms with Gasteiger partial charge in [-0.25, -0.2) is 4.79 Å². The van der Waals surface area contributed by atoms with Crippen LogP contribution in [0.1, 0.15) is 168 Å². The molecular weight excluding hydrogens is 739 g/mol. The molecule has 8 nitrogen and oxygen atoms in total. The van der Waals surface area contributed by atoms with Crippen LogP contribution in [0.25, 0.3) is 0 Å². The lowest BCUT2D eigenvalue weighted by Crippen LogP contribution is -2.50. The number of unbranched alkanes of at least 4 members (excludes halogenated alkanes) is 18. The van der Waals surface area contributed by atoms with E-state index in [0.717, 1.165) is 44.9 Å². The standard InChI is InChI=1S/C51H85NO7/c1-6-8-10-12-14-16-18-20-22-24-25-26-28-30-32-34-36-38-40-42-50(54)59-47(45-57-44-43-48(51(55)56)52(3,4)5)46-58-49(53)41-39-37-35-33-31-29-27-23-21-19-17-15-13-11-9-7-2/h8,10,12,14,16,18,20,22,24-26,28,30,32,47-48H,6-7,9,11,13,15,17,19,21,23,27,29,31,33-46H2,1-5H3/p+1/b10-8+,14-12+,18-16+,22-20+,25-24+,28-26+,32-30+. The first-order valence-electron chi connectivity index (χ1n) is 23.2. The van der Waals surface area contributed by atoms with E-state index in [2.05, 4.69) is 26.0 Å². The van der Waals surface area contributed by atoms with Gasteiger partial charge in [-0.15, -0.1) is 0 Å². The number of carboxylic acids is 1. The van der Waals surface area contributed by atoms with Gasteiger partial charge in [0.05, 0.1) is 34.4 Å². The largest absolute Gasteiger partial charge is 0.477 e. The van der Waals surface area contributed by atoms with Crippen molar-refractivity contribution in [2.75, 3.05) is 41.0 Å². The monoisotopic (exact) mass is 825 g/mol. The zero-order valence-corrected chi connectivity index (χ0v) is 38.2. The normalized spacial score (nSPS) is 13.7. The fourth-order valence-electron chi connectivity index (χ4n) is 6.43. The molecule has 0 amide bonds. The van der Waals surface area contributed by atoms with E-state index in [4.69, 9.17) is 14.2 Å². The second kappa shape index (κ2) is 41.3. The maximum absolute atomic E-state index is 12.7. The van der Waals surface area contributed by atoms with Crippen molar-refractivity contribution >= 4 is 17.9 Å². The fourth-order valence-corrected chi connectivity index (χ4v) is 6.43. The minimum atomic E-state index is -0.886. The van der Waals surface area contributed by atoms with Crippen molar-refractivity contribution in [2.45, 2.75) is 180 Å². The summed E-state index contributed by atoms with van der Waals surface area (Å²) in [7, 11) is 5.50. The van der Waals surface area contributed by atoms with Crippen molar-refractivity contribution in [1.82, 2.24) is 0 Å². The number of esters is 2. The molecule has 0 bridgehead atoms. The van der Waals surface area contributed by atoms with Crippen LogP contribution in [0, 0.1) is 0 Å². The molecule has 59 heavy (non-hydrogen) atoms. The van der Waals surface area contributed by atoms with Crippen LogP contribution in [0.4, 0.5) is 0 Å². The van der Waals surface area contributed by atoms with E-state index in [1.54, 1.807) is 0 Å². The molecule has 0 rings (SSSR count). The van der Waals surface area contributed by atoms with Gasteiger partial charge in [0.25, 0.3) is 0 Å². The predicted molar refractivity (Wildman–Crippen MR) is 247 cm³/mol. The van der Waals surface area contributed by atoms with E-state index in [1.165, 1.54) is 83.5 Å². The number of nitrogens with zero attached hydrogens (tertiary/aromatic N) is 1. The number of allylic oxidation sites excluding steroid dienone is 14. The molecule has 0 fully saturated rings. The van der Waals surface area contributed by atoms with E-state index in [9.17, 15) is 19.5 Å². The van der Waals surface area contributed by atoms with E-state index >= 15 is 0 Å². The van der Waals surface area contributed by atoms with E-state index < -0.39 is 18.1 Å². The molecule has 336 valence electrons. The third-order valence-electron chi connectivity index (χ3n) is 10.0. The zero-order valence-electron chi connectivity index (χ0n) is 38.2. The number of hydrogen-bond acceptors (Lipinski definition) is 6. The van der Waals surface area contributed by atoms with Crippen LogP contribution in [0.2, 0.25) is 0 Å². The third kappa shape index (κ3) is 39.7. The van der Waals surface area contributed by atoms with Crippen molar-refractivity contribution in [3.8, 4) is 0 Å². The number of carbonyl (C=O) groups is 3. The smallest absolute Gasteiger partial charge is 0.362 e. The van der Waals surface area contributed by atoms with Crippen molar-refractivity contribution in [3.05, 3.63) is 85.1 Å². The highest BCUT2D eigenvalue weighted by atomic mass is 16.6. The Morgan fingerprint density at radius 1 is 0.525 bits per heavy atom. The zero-order chi connectivity index (χ0) is 43.5. The topological polar surface area (TPSA) is 99.1 Å². The summed E-state index contributed by atoms with van der Waals surface area (Å²) in [6.45, 7) is 4.54. The van der Waals surface area contributed by atoms with Crippen LogP contribution in [-0.2, 0) is 28.6 Å². The molecule has 0 saturated carbocycles. The maximum atomic E-state index is 12.7. The molecule has 0 aromatic heterocycles. The number of rotatable bonds is 40. The van der Waals surface area contributed by atoms with Crippen LogP contribution in [0.3, 0.4) is 0 Å². The van der Waals surface area contributed by atoms with Gasteiger partial charge in [-0.05, 0) is 32.1 Å². The Bertz CT molecular complexity index is 1240. The van der Waals surface area contributed by atoms with Gasteiger partial charge in [0, 0.05) is 19.3 Å². The number of likely N-dealkylation sites (N-methyl/N-ethyl adjacent to an activating group) is 1. The van der Waals surface area contributed by atoms with Gasteiger partial charge in [0.2, 0.25) is 0 Å². The molecule has 0 aliphatic heterocycles. The Labute approximate surface area is 361 Å². The Hall–Kier alpha value is -3.49. The maximum Gasteiger partial charge on any atom is 0.362 e. The van der Waals surface area contributed by atoms with Crippen LogP contribution >= 0.6 is 0 Å². The van der Waals surface area contributed by atoms with Crippen LogP contribution < -0.4 is 0 Å². The highest BCUT2D eigenvalue weighted by Crippen LogP contribution is 2.15. The minimum Gasteiger partial charge on any atom is -0.477 e. The number of carboxylic acid groups (broad SMARTS) is 1. The average Bonchev–Trinajstić information content (AvgIpc) is 3.19. The number of quaternary nitrogens is 1. The van der Waals surface area contributed by atoms with Crippen molar-refractivity contribution in [2.24, 2.45) is 0 Å². The van der Waals surface area contributed by atoms with Crippen molar-refractivity contribution in [1.29, 1.82) is 0 Å². The third-order valence-corrected chi connectivity index (χ3v) is 10.0. The summed E-state index contributed by atoms with van der Waals surface area (Å²) < 4.78 is 17.3.